The molecule has 0 bridgehead atoms. The molecule has 1 saturated carbocycles. The Balaban J connectivity index is 1.76. The average molecular weight is 300 g/mol. The maximum Gasteiger partial charge on any atom is 0.303 e. The van der Waals surface area contributed by atoms with Crippen molar-refractivity contribution in [1.29, 1.82) is 0 Å². The highest BCUT2D eigenvalue weighted by atomic mass is 16.4. The van der Waals surface area contributed by atoms with Crippen LogP contribution in [0.3, 0.4) is 0 Å². The van der Waals surface area contributed by atoms with Crippen LogP contribution in [0.5, 0.6) is 0 Å². The van der Waals surface area contributed by atoms with Crippen molar-refractivity contribution >= 4 is 5.97 Å². The molecule has 2 heteroatoms. The molecule has 1 N–H and O–H groups in total. The fourth-order valence-electron chi connectivity index (χ4n) is 3.56. The first-order valence-electron chi connectivity index (χ1n) is 8.69. The van der Waals surface area contributed by atoms with Crippen molar-refractivity contribution in [2.45, 2.75) is 63.7 Å². The van der Waals surface area contributed by atoms with Crippen molar-refractivity contribution < 1.29 is 9.90 Å². The van der Waals surface area contributed by atoms with E-state index in [9.17, 15) is 4.79 Å². The van der Waals surface area contributed by atoms with Crippen molar-refractivity contribution in [1.82, 2.24) is 0 Å². The van der Waals surface area contributed by atoms with Gasteiger partial charge in [0.25, 0.3) is 0 Å². The topological polar surface area (TPSA) is 37.3 Å². The summed E-state index contributed by atoms with van der Waals surface area (Å²) in [6.45, 7) is 0. The predicted octanol–water partition coefficient (Wildman–Crippen LogP) is 5.55. The van der Waals surface area contributed by atoms with E-state index in [-0.39, 0.29) is 0 Å². The molecule has 1 aromatic carbocycles. The first-order chi connectivity index (χ1) is 10.8. The van der Waals surface area contributed by atoms with Crippen LogP contribution in [0.4, 0.5) is 0 Å². The number of carboxylic acid groups (broad SMARTS) is 1. The third-order valence-corrected chi connectivity index (χ3v) is 4.75. The van der Waals surface area contributed by atoms with E-state index in [4.69, 9.17) is 5.11 Å². The van der Waals surface area contributed by atoms with E-state index in [0.29, 0.717) is 12.3 Å². The van der Waals surface area contributed by atoms with Crippen molar-refractivity contribution in [2.24, 2.45) is 5.92 Å². The molecule has 1 aliphatic rings. The number of benzene rings is 1. The van der Waals surface area contributed by atoms with Gasteiger partial charge in [-0.05, 0) is 55.9 Å². The van der Waals surface area contributed by atoms with Crippen LogP contribution in [0.2, 0.25) is 0 Å². The van der Waals surface area contributed by atoms with E-state index in [1.807, 2.05) is 0 Å². The molecule has 0 spiro atoms. The van der Waals surface area contributed by atoms with Crippen LogP contribution in [0.1, 0.15) is 69.3 Å². The first kappa shape index (κ1) is 16.8. The second-order valence-corrected chi connectivity index (χ2v) is 6.41. The Kier molecular flexibility index (Phi) is 7.21. The number of aliphatic carboxylic acids is 1. The predicted molar refractivity (Wildman–Crippen MR) is 91.0 cm³/mol. The summed E-state index contributed by atoms with van der Waals surface area (Å²) in [5.74, 6) is 0.801. The molecule has 2 nitrogen and oxygen atoms in total. The van der Waals surface area contributed by atoms with Gasteiger partial charge in [0, 0.05) is 6.42 Å². The van der Waals surface area contributed by atoms with Gasteiger partial charge in [0.2, 0.25) is 0 Å². The third kappa shape index (κ3) is 5.67. The fourth-order valence-corrected chi connectivity index (χ4v) is 3.56. The van der Waals surface area contributed by atoms with E-state index in [0.717, 1.165) is 25.2 Å². The second-order valence-electron chi connectivity index (χ2n) is 6.41. The van der Waals surface area contributed by atoms with Crippen LogP contribution < -0.4 is 0 Å². The number of hydrogen-bond donors (Lipinski definition) is 1. The summed E-state index contributed by atoms with van der Waals surface area (Å²) in [7, 11) is 0. The van der Waals surface area contributed by atoms with Gasteiger partial charge in [-0.1, -0.05) is 55.3 Å². The van der Waals surface area contributed by atoms with E-state index in [1.165, 1.54) is 37.7 Å². The van der Waals surface area contributed by atoms with Crippen molar-refractivity contribution in [3.63, 3.8) is 0 Å². The number of rotatable bonds is 8. The van der Waals surface area contributed by atoms with Gasteiger partial charge in [-0.15, -0.1) is 0 Å². The molecule has 0 aliphatic heterocycles. The molecule has 22 heavy (non-hydrogen) atoms. The highest BCUT2D eigenvalue weighted by Crippen LogP contribution is 2.39. The highest BCUT2D eigenvalue weighted by Gasteiger charge is 2.25. The van der Waals surface area contributed by atoms with Crippen molar-refractivity contribution in [3.05, 3.63) is 48.0 Å². The zero-order chi connectivity index (χ0) is 15.6. The van der Waals surface area contributed by atoms with Gasteiger partial charge in [0.1, 0.15) is 0 Å². The van der Waals surface area contributed by atoms with Crippen LogP contribution in [0, 0.1) is 5.92 Å². The Bertz CT molecular complexity index is 464. The minimum Gasteiger partial charge on any atom is -0.481 e. The molecular formula is C20H28O2. The maximum absolute atomic E-state index is 10.4. The van der Waals surface area contributed by atoms with Gasteiger partial charge in [0.05, 0.1) is 0 Å². The van der Waals surface area contributed by atoms with Gasteiger partial charge in [0.15, 0.2) is 0 Å². The Labute approximate surface area is 134 Å². The van der Waals surface area contributed by atoms with Crippen LogP contribution in [0.25, 0.3) is 0 Å². The van der Waals surface area contributed by atoms with Crippen molar-refractivity contribution in [2.75, 3.05) is 0 Å². The lowest BCUT2D eigenvalue weighted by Gasteiger charge is -2.31. The quantitative estimate of drug-likeness (QED) is 0.504. The molecule has 1 aromatic rings. The molecule has 120 valence electrons. The van der Waals surface area contributed by atoms with E-state index in [1.54, 1.807) is 0 Å². The summed E-state index contributed by atoms with van der Waals surface area (Å²) in [4.78, 5) is 10.4. The molecule has 0 saturated heterocycles. The monoisotopic (exact) mass is 300 g/mol. The summed E-state index contributed by atoms with van der Waals surface area (Å²) < 4.78 is 0. The molecule has 2 atom stereocenters. The third-order valence-electron chi connectivity index (χ3n) is 4.75. The number of unbranched alkanes of at least 4 members (excludes halogenated alkanes) is 2. The lowest BCUT2D eigenvalue weighted by Crippen LogP contribution is -2.17. The van der Waals surface area contributed by atoms with Crippen LogP contribution in [0.15, 0.2) is 42.5 Å². The van der Waals surface area contributed by atoms with Gasteiger partial charge >= 0.3 is 5.97 Å². The number of allylic oxidation sites excluding steroid dienone is 2. The summed E-state index contributed by atoms with van der Waals surface area (Å²) in [6.07, 6.45) is 14.2. The molecule has 1 aliphatic carbocycles. The minimum atomic E-state index is -0.683. The standard InChI is InChI=1S/C20H28O2/c21-20(22)16-8-3-1-2-5-11-18-14-9-10-15-19(18)17-12-6-4-7-13-17/h2,4-7,12-13,18-19H,1,3,8-11,14-16H2,(H,21,22). The normalized spacial score (nSPS) is 22.0. The average Bonchev–Trinajstić information content (AvgIpc) is 2.55. The zero-order valence-electron chi connectivity index (χ0n) is 13.4. The molecule has 0 aromatic heterocycles. The van der Waals surface area contributed by atoms with Gasteiger partial charge < -0.3 is 5.11 Å². The summed E-state index contributed by atoms with van der Waals surface area (Å²) in [5, 5.41) is 8.61. The van der Waals surface area contributed by atoms with Gasteiger partial charge in [-0.3, -0.25) is 4.79 Å². The summed E-state index contributed by atoms with van der Waals surface area (Å²) >= 11 is 0. The Morgan fingerprint density at radius 2 is 1.86 bits per heavy atom. The second kappa shape index (κ2) is 9.45. The van der Waals surface area contributed by atoms with Crippen LogP contribution in [-0.2, 0) is 4.79 Å². The highest BCUT2D eigenvalue weighted by molar-refractivity contribution is 5.66. The Hall–Kier alpha value is -1.57. The lowest BCUT2D eigenvalue weighted by atomic mass is 9.74. The maximum atomic E-state index is 10.4. The number of hydrogen-bond acceptors (Lipinski definition) is 1. The zero-order valence-corrected chi connectivity index (χ0v) is 13.4. The minimum absolute atomic E-state index is 0.298. The van der Waals surface area contributed by atoms with Crippen LogP contribution in [-0.4, -0.2) is 11.1 Å². The van der Waals surface area contributed by atoms with E-state index < -0.39 is 5.97 Å². The SMILES string of the molecule is O=C(O)CCCCC=CCC1CCCCC1c1ccccc1. The molecular weight excluding hydrogens is 272 g/mol. The smallest absolute Gasteiger partial charge is 0.303 e. The van der Waals surface area contributed by atoms with Crippen molar-refractivity contribution in [3.8, 4) is 0 Å². The Morgan fingerprint density at radius 1 is 1.09 bits per heavy atom. The van der Waals surface area contributed by atoms with Gasteiger partial charge in [-0.2, -0.15) is 0 Å². The summed E-state index contributed by atoms with van der Waals surface area (Å²) in [6, 6.07) is 11.0. The van der Waals surface area contributed by atoms with Gasteiger partial charge in [-0.25, -0.2) is 0 Å². The Morgan fingerprint density at radius 3 is 2.64 bits per heavy atom. The molecule has 0 radical (unpaired) electrons. The van der Waals surface area contributed by atoms with E-state index in [2.05, 4.69) is 42.5 Å². The molecule has 0 amide bonds. The van der Waals surface area contributed by atoms with Crippen LogP contribution >= 0.6 is 0 Å². The number of carboxylic acids is 1. The lowest BCUT2D eigenvalue weighted by molar-refractivity contribution is -0.137. The molecule has 2 rings (SSSR count). The fraction of sp³-hybridized carbons (Fsp3) is 0.550. The first-order valence-corrected chi connectivity index (χ1v) is 8.69. The molecule has 0 heterocycles. The molecule has 1 fully saturated rings. The molecule has 2 unspecified atom stereocenters. The van der Waals surface area contributed by atoms with E-state index >= 15 is 0 Å². The summed E-state index contributed by atoms with van der Waals surface area (Å²) in [5.41, 5.74) is 1.50. The number of carbonyl (C=O) groups is 1. The largest absolute Gasteiger partial charge is 0.481 e.